The van der Waals surface area contributed by atoms with Crippen LogP contribution in [0.25, 0.3) is 5.65 Å². The van der Waals surface area contributed by atoms with E-state index in [0.717, 1.165) is 5.56 Å². The van der Waals surface area contributed by atoms with Crippen LogP contribution in [0.1, 0.15) is 16.1 Å². The predicted octanol–water partition coefficient (Wildman–Crippen LogP) is 2.88. The molecule has 3 heterocycles. The maximum absolute atomic E-state index is 12.3. The van der Waals surface area contributed by atoms with E-state index in [1.807, 2.05) is 24.3 Å². The fourth-order valence-corrected chi connectivity index (χ4v) is 2.54. The van der Waals surface area contributed by atoms with Crippen LogP contribution in [0, 0.1) is 0 Å². The van der Waals surface area contributed by atoms with Crippen molar-refractivity contribution >= 4 is 29.0 Å². The predicted molar refractivity (Wildman–Crippen MR) is 93.7 cm³/mol. The number of fused-ring (bicyclic) bond motifs is 1. The summed E-state index contributed by atoms with van der Waals surface area (Å²) in [6, 6.07) is 12.7. The number of anilines is 1. The summed E-state index contributed by atoms with van der Waals surface area (Å²) in [6.07, 6.45) is 5.19. The third-order valence-electron chi connectivity index (χ3n) is 3.61. The quantitative estimate of drug-likeness (QED) is 0.612. The molecule has 0 atom stereocenters. The number of nitrogens with one attached hydrogen (secondary N) is 1. The largest absolute Gasteiger partial charge is 0.304 e. The van der Waals surface area contributed by atoms with Crippen LogP contribution in [0.3, 0.4) is 0 Å². The summed E-state index contributed by atoms with van der Waals surface area (Å²) in [7, 11) is 0. The molecule has 0 saturated carbocycles. The first-order valence-corrected chi connectivity index (χ1v) is 7.95. The molecule has 0 aliphatic rings. The van der Waals surface area contributed by atoms with Gasteiger partial charge in [0.05, 0.1) is 6.54 Å². The van der Waals surface area contributed by atoms with Crippen LogP contribution in [0.4, 0.5) is 5.82 Å². The summed E-state index contributed by atoms with van der Waals surface area (Å²) in [5.41, 5.74) is 1.96. The normalized spacial score (nSPS) is 10.9. The summed E-state index contributed by atoms with van der Waals surface area (Å²) in [5, 5.41) is 12.0. The second kappa shape index (κ2) is 6.37. The number of amides is 1. The molecule has 25 heavy (non-hydrogen) atoms. The molecule has 0 saturated heterocycles. The van der Waals surface area contributed by atoms with Crippen molar-refractivity contribution in [3.05, 3.63) is 77.3 Å². The Hall–Kier alpha value is -3.19. The van der Waals surface area contributed by atoms with Crippen LogP contribution in [0.15, 0.2) is 61.1 Å². The van der Waals surface area contributed by atoms with Gasteiger partial charge < -0.3 is 5.32 Å². The lowest BCUT2D eigenvalue weighted by Gasteiger charge is -2.02. The van der Waals surface area contributed by atoms with Gasteiger partial charge in [0.2, 0.25) is 0 Å². The minimum Gasteiger partial charge on any atom is -0.304 e. The molecule has 0 aliphatic heterocycles. The fraction of sp³-hybridized carbons (Fsp3) is 0.0588. The Kier molecular flexibility index (Phi) is 3.91. The molecule has 0 fully saturated rings. The van der Waals surface area contributed by atoms with Gasteiger partial charge in [0, 0.05) is 35.7 Å². The summed E-state index contributed by atoms with van der Waals surface area (Å²) in [6.45, 7) is 0.589. The first-order valence-electron chi connectivity index (χ1n) is 7.57. The minimum atomic E-state index is -0.331. The van der Waals surface area contributed by atoms with E-state index >= 15 is 0 Å². The first kappa shape index (κ1) is 15.3. The lowest BCUT2D eigenvalue weighted by atomic mass is 10.2. The number of aromatic nitrogens is 5. The Balaban J connectivity index is 1.46. The van der Waals surface area contributed by atoms with Gasteiger partial charge in [-0.3, -0.25) is 9.48 Å². The van der Waals surface area contributed by atoms with Crippen molar-refractivity contribution in [2.45, 2.75) is 6.54 Å². The second-order valence-corrected chi connectivity index (χ2v) is 5.87. The van der Waals surface area contributed by atoms with Crippen molar-refractivity contribution in [1.82, 2.24) is 24.4 Å². The molecule has 8 heteroatoms. The standard InChI is InChI=1S/C17H13ClN6O/c18-13-4-2-12(3-5-13)11-23-9-6-15(22-23)20-17(25)14-10-16-19-7-1-8-24(16)21-14/h1-10H,11H2,(H,20,22,25). The molecule has 0 bridgehead atoms. The Bertz CT molecular complexity index is 1000. The van der Waals surface area contributed by atoms with Gasteiger partial charge in [0.1, 0.15) is 0 Å². The number of rotatable bonds is 4. The molecule has 124 valence electrons. The first-order chi connectivity index (χ1) is 12.2. The third kappa shape index (κ3) is 3.36. The van der Waals surface area contributed by atoms with E-state index in [4.69, 9.17) is 11.6 Å². The lowest BCUT2D eigenvalue weighted by molar-refractivity contribution is 0.102. The molecule has 4 rings (SSSR count). The lowest BCUT2D eigenvalue weighted by Crippen LogP contribution is -2.13. The topological polar surface area (TPSA) is 77.1 Å². The maximum Gasteiger partial charge on any atom is 0.277 e. The molecule has 0 radical (unpaired) electrons. The Morgan fingerprint density at radius 3 is 2.76 bits per heavy atom. The highest BCUT2D eigenvalue weighted by Crippen LogP contribution is 2.12. The highest BCUT2D eigenvalue weighted by Gasteiger charge is 2.13. The van der Waals surface area contributed by atoms with Crippen molar-refractivity contribution in [1.29, 1.82) is 0 Å². The van der Waals surface area contributed by atoms with Gasteiger partial charge in [-0.05, 0) is 23.8 Å². The number of hydrogen-bond acceptors (Lipinski definition) is 4. The molecule has 7 nitrogen and oxygen atoms in total. The Labute approximate surface area is 147 Å². The zero-order chi connectivity index (χ0) is 17.2. The monoisotopic (exact) mass is 352 g/mol. The van der Waals surface area contributed by atoms with Crippen LogP contribution in [0.2, 0.25) is 5.02 Å². The van der Waals surface area contributed by atoms with Gasteiger partial charge in [-0.2, -0.15) is 10.2 Å². The maximum atomic E-state index is 12.3. The zero-order valence-electron chi connectivity index (χ0n) is 13.0. The number of halogens is 1. The van der Waals surface area contributed by atoms with E-state index in [2.05, 4.69) is 20.5 Å². The molecular formula is C17H13ClN6O. The van der Waals surface area contributed by atoms with Crippen LogP contribution in [0.5, 0.6) is 0 Å². The summed E-state index contributed by atoms with van der Waals surface area (Å²) < 4.78 is 3.29. The van der Waals surface area contributed by atoms with Gasteiger partial charge in [-0.1, -0.05) is 23.7 Å². The molecule has 0 aliphatic carbocycles. The highest BCUT2D eigenvalue weighted by atomic mass is 35.5. The van der Waals surface area contributed by atoms with E-state index < -0.39 is 0 Å². The summed E-state index contributed by atoms with van der Waals surface area (Å²) >= 11 is 5.88. The fourth-order valence-electron chi connectivity index (χ4n) is 2.41. The minimum absolute atomic E-state index is 0.283. The van der Waals surface area contributed by atoms with E-state index in [1.165, 1.54) is 0 Å². The number of carbonyl (C=O) groups excluding carboxylic acids is 1. The molecule has 1 amide bonds. The molecule has 0 unspecified atom stereocenters. The molecule has 1 N–H and O–H groups in total. The molecule has 4 aromatic rings. The van der Waals surface area contributed by atoms with Crippen molar-refractivity contribution in [2.75, 3.05) is 5.32 Å². The average Bonchev–Trinajstić information content (AvgIpc) is 3.23. The van der Waals surface area contributed by atoms with Crippen LogP contribution < -0.4 is 5.32 Å². The average molecular weight is 353 g/mol. The Morgan fingerprint density at radius 1 is 1.12 bits per heavy atom. The van der Waals surface area contributed by atoms with Crippen LogP contribution in [-0.4, -0.2) is 30.3 Å². The van der Waals surface area contributed by atoms with Crippen molar-refractivity contribution in [3.8, 4) is 0 Å². The summed E-state index contributed by atoms with van der Waals surface area (Å²) in [5.74, 6) is 0.131. The molecule has 1 aromatic carbocycles. The number of hydrogen-bond donors (Lipinski definition) is 1. The highest BCUT2D eigenvalue weighted by molar-refractivity contribution is 6.30. The van der Waals surface area contributed by atoms with Gasteiger partial charge in [-0.25, -0.2) is 9.50 Å². The van der Waals surface area contributed by atoms with Gasteiger partial charge in [0.15, 0.2) is 17.2 Å². The molecule has 3 aromatic heterocycles. The second-order valence-electron chi connectivity index (χ2n) is 5.43. The van der Waals surface area contributed by atoms with Gasteiger partial charge in [0.25, 0.3) is 5.91 Å². The van der Waals surface area contributed by atoms with E-state index in [0.29, 0.717) is 23.0 Å². The number of nitrogens with zero attached hydrogens (tertiary/aromatic N) is 5. The number of benzene rings is 1. The molecular weight excluding hydrogens is 340 g/mol. The Morgan fingerprint density at radius 2 is 1.96 bits per heavy atom. The molecule has 0 spiro atoms. The third-order valence-corrected chi connectivity index (χ3v) is 3.86. The van der Waals surface area contributed by atoms with E-state index in [9.17, 15) is 4.79 Å². The SMILES string of the molecule is O=C(Nc1ccn(Cc2ccc(Cl)cc2)n1)c1cc2ncccn2n1. The number of carbonyl (C=O) groups is 1. The smallest absolute Gasteiger partial charge is 0.277 e. The van der Waals surface area contributed by atoms with Crippen LogP contribution in [-0.2, 0) is 6.54 Å². The zero-order valence-corrected chi connectivity index (χ0v) is 13.8. The van der Waals surface area contributed by atoms with Gasteiger partial charge in [-0.15, -0.1) is 0 Å². The van der Waals surface area contributed by atoms with E-state index in [1.54, 1.807) is 46.0 Å². The summed E-state index contributed by atoms with van der Waals surface area (Å²) in [4.78, 5) is 16.4. The van der Waals surface area contributed by atoms with Crippen molar-refractivity contribution < 1.29 is 4.79 Å². The van der Waals surface area contributed by atoms with Crippen molar-refractivity contribution in [3.63, 3.8) is 0 Å². The van der Waals surface area contributed by atoms with Crippen molar-refractivity contribution in [2.24, 2.45) is 0 Å². The van der Waals surface area contributed by atoms with Gasteiger partial charge >= 0.3 is 0 Å². The van der Waals surface area contributed by atoms with E-state index in [-0.39, 0.29) is 11.6 Å². The van der Waals surface area contributed by atoms with Crippen LogP contribution >= 0.6 is 11.6 Å².